The molecule has 6 nitrogen and oxygen atoms in total. The molecule has 3 heterocycles. The van der Waals surface area contributed by atoms with Gasteiger partial charge in [-0.25, -0.2) is 0 Å². The second-order valence-corrected chi connectivity index (χ2v) is 9.54. The van der Waals surface area contributed by atoms with Gasteiger partial charge in [-0.1, -0.05) is 24.3 Å². The van der Waals surface area contributed by atoms with E-state index in [4.69, 9.17) is 14.5 Å². The van der Waals surface area contributed by atoms with Crippen LogP contribution in [0.15, 0.2) is 29.3 Å². The van der Waals surface area contributed by atoms with Crippen LogP contribution in [0.5, 0.6) is 0 Å². The molecule has 3 aliphatic heterocycles. The number of nitrogens with one attached hydrogen (secondary N) is 1. The monoisotopic (exact) mass is 442 g/mol. The lowest BCUT2D eigenvalue weighted by Crippen LogP contribution is -2.48. The first kappa shape index (κ1) is 23.5. The van der Waals surface area contributed by atoms with Crippen LogP contribution in [-0.4, -0.2) is 79.9 Å². The maximum absolute atomic E-state index is 6.20. The van der Waals surface area contributed by atoms with Gasteiger partial charge in [-0.2, -0.15) is 0 Å². The number of rotatable bonds is 7. The first-order chi connectivity index (χ1) is 15.7. The summed E-state index contributed by atoms with van der Waals surface area (Å²) in [5, 5.41) is 3.52. The molecule has 178 valence electrons. The molecule has 0 spiro atoms. The predicted octanol–water partition coefficient (Wildman–Crippen LogP) is 3.45. The van der Waals surface area contributed by atoms with Crippen molar-refractivity contribution < 1.29 is 9.47 Å². The average Bonchev–Trinajstić information content (AvgIpc) is 2.86. The molecule has 2 fully saturated rings. The van der Waals surface area contributed by atoms with Gasteiger partial charge in [-0.3, -0.25) is 9.89 Å². The largest absolute Gasteiger partial charge is 0.376 e. The van der Waals surface area contributed by atoms with E-state index in [1.807, 2.05) is 0 Å². The van der Waals surface area contributed by atoms with E-state index < -0.39 is 0 Å². The molecule has 2 atom stereocenters. The van der Waals surface area contributed by atoms with Gasteiger partial charge in [0.1, 0.15) is 0 Å². The topological polar surface area (TPSA) is 49.3 Å². The van der Waals surface area contributed by atoms with Gasteiger partial charge >= 0.3 is 0 Å². The van der Waals surface area contributed by atoms with Gasteiger partial charge in [-0.05, 0) is 63.5 Å². The van der Waals surface area contributed by atoms with Crippen molar-refractivity contribution in [2.45, 2.75) is 77.2 Å². The van der Waals surface area contributed by atoms with Crippen LogP contribution in [0.4, 0.5) is 0 Å². The lowest BCUT2D eigenvalue weighted by molar-refractivity contribution is -0.0721. The minimum absolute atomic E-state index is 0.309. The Morgan fingerprint density at radius 1 is 1.16 bits per heavy atom. The second kappa shape index (κ2) is 12.0. The van der Waals surface area contributed by atoms with E-state index in [2.05, 4.69) is 53.2 Å². The zero-order chi connectivity index (χ0) is 22.2. The highest BCUT2D eigenvalue weighted by Crippen LogP contribution is 2.21. The maximum Gasteiger partial charge on any atom is 0.193 e. The highest BCUT2D eigenvalue weighted by atomic mass is 16.5. The summed E-state index contributed by atoms with van der Waals surface area (Å²) in [5.74, 6) is 1.06. The summed E-state index contributed by atoms with van der Waals surface area (Å²) in [6.45, 7) is 12.0. The Balaban J connectivity index is 1.24. The summed E-state index contributed by atoms with van der Waals surface area (Å²) < 4.78 is 12.0. The number of nitrogens with zero attached hydrogens (tertiary/aromatic N) is 3. The molecule has 1 aromatic carbocycles. The molecule has 4 rings (SSSR count). The smallest absolute Gasteiger partial charge is 0.193 e. The molecular formula is C26H42N4O2. The minimum Gasteiger partial charge on any atom is -0.376 e. The number of likely N-dealkylation sites (tertiary alicyclic amines) is 1. The third-order valence-electron chi connectivity index (χ3n) is 7.16. The quantitative estimate of drug-likeness (QED) is 0.518. The molecular weight excluding hydrogens is 400 g/mol. The molecule has 32 heavy (non-hydrogen) atoms. The van der Waals surface area contributed by atoms with Gasteiger partial charge in [0.2, 0.25) is 0 Å². The summed E-state index contributed by atoms with van der Waals surface area (Å²) in [6, 6.07) is 9.29. The number of benzene rings is 1. The van der Waals surface area contributed by atoms with Crippen molar-refractivity contribution >= 4 is 5.96 Å². The fourth-order valence-corrected chi connectivity index (χ4v) is 5.07. The Hall–Kier alpha value is -1.63. The number of piperidine rings is 1. The highest BCUT2D eigenvalue weighted by molar-refractivity contribution is 5.80. The van der Waals surface area contributed by atoms with Crippen molar-refractivity contribution in [2.24, 2.45) is 4.99 Å². The Labute approximate surface area is 194 Å². The van der Waals surface area contributed by atoms with Gasteiger partial charge in [0.05, 0.1) is 25.4 Å². The maximum atomic E-state index is 6.20. The highest BCUT2D eigenvalue weighted by Gasteiger charge is 2.25. The molecule has 0 amide bonds. The molecule has 2 saturated heterocycles. The van der Waals surface area contributed by atoms with Crippen molar-refractivity contribution in [2.75, 3.05) is 45.9 Å². The van der Waals surface area contributed by atoms with Crippen molar-refractivity contribution in [3.8, 4) is 0 Å². The first-order valence-corrected chi connectivity index (χ1v) is 12.8. The molecule has 3 aliphatic rings. The van der Waals surface area contributed by atoms with Crippen LogP contribution in [0, 0.1) is 0 Å². The molecule has 6 heteroatoms. The fraction of sp³-hybridized carbons (Fsp3) is 0.731. The molecule has 0 bridgehead atoms. The Morgan fingerprint density at radius 3 is 2.72 bits per heavy atom. The standard InChI is InChI=1S/C26H42N4O2/c1-3-27-26(28-18-21(2)30-14-11-22-8-4-5-9-23(22)19-30)29-15-12-24(13-16-29)32-20-25-10-6-7-17-31-25/h4-5,8-9,21,24-25H,3,6-7,10-20H2,1-2H3,(H,27,28). The van der Waals surface area contributed by atoms with E-state index in [0.29, 0.717) is 18.2 Å². The minimum atomic E-state index is 0.309. The molecule has 1 N–H and O–H groups in total. The van der Waals surface area contributed by atoms with Crippen LogP contribution in [0.2, 0.25) is 0 Å². The predicted molar refractivity (Wildman–Crippen MR) is 130 cm³/mol. The van der Waals surface area contributed by atoms with Crippen molar-refractivity contribution in [1.82, 2.24) is 15.1 Å². The van der Waals surface area contributed by atoms with Crippen LogP contribution in [0.3, 0.4) is 0 Å². The third kappa shape index (κ3) is 6.46. The van der Waals surface area contributed by atoms with Gasteiger partial charge in [0, 0.05) is 45.4 Å². The fourth-order valence-electron chi connectivity index (χ4n) is 5.07. The number of guanidine groups is 1. The second-order valence-electron chi connectivity index (χ2n) is 9.54. The Kier molecular flexibility index (Phi) is 8.83. The summed E-state index contributed by atoms with van der Waals surface area (Å²) in [5.41, 5.74) is 2.98. The SMILES string of the molecule is CCNC(=NCC(C)N1CCc2ccccc2C1)N1CCC(OCC2CCCCO2)CC1. The third-order valence-corrected chi connectivity index (χ3v) is 7.16. The van der Waals surface area contributed by atoms with Crippen molar-refractivity contribution in [3.05, 3.63) is 35.4 Å². The molecule has 0 aromatic heterocycles. The normalized spacial score (nSPS) is 24.2. The van der Waals surface area contributed by atoms with Crippen LogP contribution >= 0.6 is 0 Å². The van der Waals surface area contributed by atoms with Gasteiger partial charge in [0.25, 0.3) is 0 Å². The van der Waals surface area contributed by atoms with E-state index in [-0.39, 0.29) is 0 Å². The molecule has 0 saturated carbocycles. The number of fused-ring (bicyclic) bond motifs is 1. The van der Waals surface area contributed by atoms with E-state index >= 15 is 0 Å². The molecule has 0 radical (unpaired) electrons. The van der Waals surface area contributed by atoms with Gasteiger partial charge in [-0.15, -0.1) is 0 Å². The van der Waals surface area contributed by atoms with Crippen LogP contribution < -0.4 is 5.32 Å². The number of aliphatic imine (C=N–C) groups is 1. The van der Waals surface area contributed by atoms with E-state index in [9.17, 15) is 0 Å². The summed E-state index contributed by atoms with van der Waals surface area (Å²) >= 11 is 0. The number of ether oxygens (including phenoxy) is 2. The number of hydrogen-bond acceptors (Lipinski definition) is 4. The Morgan fingerprint density at radius 2 is 1.97 bits per heavy atom. The van der Waals surface area contributed by atoms with E-state index in [1.54, 1.807) is 0 Å². The van der Waals surface area contributed by atoms with Crippen LogP contribution in [0.25, 0.3) is 0 Å². The number of hydrogen-bond donors (Lipinski definition) is 1. The van der Waals surface area contributed by atoms with Crippen molar-refractivity contribution in [1.29, 1.82) is 0 Å². The summed E-state index contributed by atoms with van der Waals surface area (Å²) in [6.07, 6.45) is 7.56. The van der Waals surface area contributed by atoms with E-state index in [0.717, 1.165) is 84.1 Å². The van der Waals surface area contributed by atoms with Crippen molar-refractivity contribution in [3.63, 3.8) is 0 Å². The molecule has 2 unspecified atom stereocenters. The Bertz CT molecular complexity index is 726. The zero-order valence-corrected chi connectivity index (χ0v) is 20.1. The van der Waals surface area contributed by atoms with Gasteiger partial charge < -0.3 is 19.7 Å². The van der Waals surface area contributed by atoms with E-state index in [1.165, 1.54) is 24.0 Å². The van der Waals surface area contributed by atoms with Crippen LogP contribution in [0.1, 0.15) is 57.1 Å². The lowest BCUT2D eigenvalue weighted by atomic mass is 9.99. The lowest BCUT2D eigenvalue weighted by Gasteiger charge is -2.36. The first-order valence-electron chi connectivity index (χ1n) is 12.8. The molecule has 0 aliphatic carbocycles. The molecule has 1 aromatic rings. The zero-order valence-electron chi connectivity index (χ0n) is 20.1. The average molecular weight is 443 g/mol. The summed E-state index contributed by atoms with van der Waals surface area (Å²) in [4.78, 5) is 10.0. The van der Waals surface area contributed by atoms with Crippen LogP contribution in [-0.2, 0) is 22.4 Å². The van der Waals surface area contributed by atoms with Gasteiger partial charge in [0.15, 0.2) is 5.96 Å². The summed E-state index contributed by atoms with van der Waals surface area (Å²) in [7, 11) is 0.